The van der Waals surface area contributed by atoms with Gasteiger partial charge in [-0.15, -0.1) is 12.4 Å². The lowest BCUT2D eigenvalue weighted by Gasteiger charge is -2.01. The molecule has 0 aliphatic heterocycles. The van der Waals surface area contributed by atoms with Crippen LogP contribution in [-0.4, -0.2) is 13.1 Å². The average molecular weight is 230 g/mol. The van der Waals surface area contributed by atoms with E-state index in [1.54, 1.807) is 0 Å². The van der Waals surface area contributed by atoms with Gasteiger partial charge in [0.1, 0.15) is 0 Å². The number of nitrogen functional groups attached to an aromatic ring is 1. The summed E-state index contributed by atoms with van der Waals surface area (Å²) in [6, 6.07) is 7.69. The summed E-state index contributed by atoms with van der Waals surface area (Å²) in [5.74, 6) is -0.152. The highest BCUT2D eigenvalue weighted by molar-refractivity contribution is 5.85. The number of nitrogens with two attached hydrogens (primary N) is 1. The van der Waals surface area contributed by atoms with E-state index in [1.807, 2.05) is 24.3 Å². The number of aryl methyl sites for hydroxylation is 1. The highest BCUT2D eigenvalue weighted by atomic mass is 35.5. The fraction of sp³-hybridized carbons (Fsp3) is 0.364. The molecule has 0 aliphatic carbocycles. The zero-order valence-electron chi connectivity index (χ0n) is 8.73. The summed E-state index contributed by atoms with van der Waals surface area (Å²) in [6.07, 6.45) is 2.17. The van der Waals surface area contributed by atoms with Crippen molar-refractivity contribution >= 4 is 24.1 Å². The number of anilines is 1. The summed E-state index contributed by atoms with van der Waals surface area (Å²) in [7, 11) is 1.41. The molecule has 0 aromatic heterocycles. The minimum atomic E-state index is -0.152. The molecule has 0 heterocycles. The number of carbonyl (C=O) groups excluding carboxylic acids is 1. The maximum atomic E-state index is 10.8. The highest BCUT2D eigenvalue weighted by Gasteiger charge is 1.99. The highest BCUT2D eigenvalue weighted by Crippen LogP contribution is 2.08. The van der Waals surface area contributed by atoms with Crippen molar-refractivity contribution in [3.63, 3.8) is 0 Å². The van der Waals surface area contributed by atoms with Crippen LogP contribution in [0.5, 0.6) is 0 Å². The molecule has 1 aromatic rings. The van der Waals surface area contributed by atoms with Gasteiger partial charge in [-0.1, -0.05) is 12.1 Å². The standard InChI is InChI=1S/C11H15NO2.ClH/c1-14-11(13)4-2-3-9-5-7-10(12)8-6-9;/h5-8H,2-4,12H2,1H3;1H. The Morgan fingerprint density at radius 1 is 1.33 bits per heavy atom. The van der Waals surface area contributed by atoms with E-state index in [1.165, 1.54) is 12.7 Å². The molecule has 2 N–H and O–H groups in total. The summed E-state index contributed by atoms with van der Waals surface area (Å²) in [5.41, 5.74) is 7.51. The monoisotopic (exact) mass is 229 g/mol. The molecule has 1 aromatic carbocycles. The normalized spacial score (nSPS) is 9.13. The van der Waals surface area contributed by atoms with Gasteiger partial charge in [0.05, 0.1) is 7.11 Å². The van der Waals surface area contributed by atoms with Crippen LogP contribution in [0.15, 0.2) is 24.3 Å². The van der Waals surface area contributed by atoms with Crippen LogP contribution >= 0.6 is 12.4 Å². The Morgan fingerprint density at radius 3 is 2.47 bits per heavy atom. The Morgan fingerprint density at radius 2 is 1.93 bits per heavy atom. The molecule has 0 saturated heterocycles. The molecule has 0 spiro atoms. The molecule has 0 amide bonds. The van der Waals surface area contributed by atoms with Crippen molar-refractivity contribution in [1.29, 1.82) is 0 Å². The zero-order valence-corrected chi connectivity index (χ0v) is 9.55. The second-order valence-corrected chi connectivity index (χ2v) is 3.17. The summed E-state index contributed by atoms with van der Waals surface area (Å²) >= 11 is 0. The smallest absolute Gasteiger partial charge is 0.305 e. The number of hydrogen-bond donors (Lipinski definition) is 1. The van der Waals surface area contributed by atoms with Gasteiger partial charge in [0.25, 0.3) is 0 Å². The van der Waals surface area contributed by atoms with E-state index in [0.717, 1.165) is 18.5 Å². The van der Waals surface area contributed by atoms with E-state index < -0.39 is 0 Å². The number of esters is 1. The summed E-state index contributed by atoms with van der Waals surface area (Å²) in [5, 5.41) is 0. The molecule has 0 fully saturated rings. The lowest BCUT2D eigenvalue weighted by atomic mass is 10.1. The molecular weight excluding hydrogens is 214 g/mol. The van der Waals surface area contributed by atoms with Gasteiger partial charge in [-0.25, -0.2) is 0 Å². The lowest BCUT2D eigenvalue weighted by Crippen LogP contribution is -2.00. The Balaban J connectivity index is 0.00000196. The van der Waals surface area contributed by atoms with Gasteiger partial charge < -0.3 is 10.5 Å². The number of hydrogen-bond acceptors (Lipinski definition) is 3. The van der Waals surface area contributed by atoms with E-state index >= 15 is 0 Å². The van der Waals surface area contributed by atoms with Crippen LogP contribution in [0.1, 0.15) is 18.4 Å². The minimum Gasteiger partial charge on any atom is -0.469 e. The predicted molar refractivity (Wildman–Crippen MR) is 63.1 cm³/mol. The molecule has 3 nitrogen and oxygen atoms in total. The first-order valence-corrected chi connectivity index (χ1v) is 4.63. The largest absolute Gasteiger partial charge is 0.469 e. The second-order valence-electron chi connectivity index (χ2n) is 3.17. The molecule has 84 valence electrons. The molecule has 0 bridgehead atoms. The Kier molecular flexibility index (Phi) is 6.54. The summed E-state index contributed by atoms with van der Waals surface area (Å²) in [4.78, 5) is 10.8. The number of carbonyl (C=O) groups is 1. The van der Waals surface area contributed by atoms with Crippen LogP contribution < -0.4 is 5.73 Å². The summed E-state index contributed by atoms with van der Waals surface area (Å²) < 4.78 is 4.55. The first kappa shape index (κ1) is 13.8. The third-order valence-corrected chi connectivity index (χ3v) is 2.05. The van der Waals surface area contributed by atoms with Crippen molar-refractivity contribution in [3.8, 4) is 0 Å². The molecule has 0 atom stereocenters. The van der Waals surface area contributed by atoms with Crippen molar-refractivity contribution < 1.29 is 9.53 Å². The van der Waals surface area contributed by atoms with Gasteiger partial charge in [-0.2, -0.15) is 0 Å². The first-order chi connectivity index (χ1) is 6.72. The quantitative estimate of drug-likeness (QED) is 0.636. The van der Waals surface area contributed by atoms with Crippen LogP contribution in [0.4, 0.5) is 5.69 Å². The molecule has 4 heteroatoms. The number of benzene rings is 1. The molecule has 15 heavy (non-hydrogen) atoms. The third-order valence-electron chi connectivity index (χ3n) is 2.05. The predicted octanol–water partition coefficient (Wildman–Crippen LogP) is 2.19. The average Bonchev–Trinajstić information content (AvgIpc) is 2.21. The van der Waals surface area contributed by atoms with E-state index in [9.17, 15) is 4.79 Å². The second kappa shape index (κ2) is 7.12. The van der Waals surface area contributed by atoms with E-state index in [4.69, 9.17) is 5.73 Å². The molecule has 0 radical (unpaired) electrons. The first-order valence-electron chi connectivity index (χ1n) is 4.63. The van der Waals surface area contributed by atoms with Crippen LogP contribution in [0, 0.1) is 0 Å². The molecular formula is C11H16ClNO2. The van der Waals surface area contributed by atoms with Crippen molar-refractivity contribution in [2.75, 3.05) is 12.8 Å². The van der Waals surface area contributed by atoms with Crippen molar-refractivity contribution in [1.82, 2.24) is 0 Å². The maximum Gasteiger partial charge on any atom is 0.305 e. The van der Waals surface area contributed by atoms with Gasteiger partial charge in [0.2, 0.25) is 0 Å². The Hall–Kier alpha value is -1.22. The summed E-state index contributed by atoms with van der Waals surface area (Å²) in [6.45, 7) is 0. The van der Waals surface area contributed by atoms with E-state index in [2.05, 4.69) is 4.74 Å². The number of halogens is 1. The zero-order chi connectivity index (χ0) is 10.4. The van der Waals surface area contributed by atoms with Gasteiger partial charge in [-0.05, 0) is 30.5 Å². The fourth-order valence-electron chi connectivity index (χ4n) is 1.22. The Labute approximate surface area is 96.0 Å². The van der Waals surface area contributed by atoms with Gasteiger partial charge >= 0.3 is 5.97 Å². The Bertz CT molecular complexity index is 298. The fourth-order valence-corrected chi connectivity index (χ4v) is 1.22. The molecule has 0 saturated carbocycles. The van der Waals surface area contributed by atoms with Gasteiger partial charge in [0, 0.05) is 12.1 Å². The third kappa shape index (κ3) is 5.27. The molecule has 0 aliphatic rings. The van der Waals surface area contributed by atoms with Crippen LogP contribution in [0.2, 0.25) is 0 Å². The number of methoxy groups -OCH3 is 1. The SMILES string of the molecule is COC(=O)CCCc1ccc(N)cc1.Cl. The van der Waals surface area contributed by atoms with Crippen molar-refractivity contribution in [3.05, 3.63) is 29.8 Å². The van der Waals surface area contributed by atoms with Crippen molar-refractivity contribution in [2.24, 2.45) is 0 Å². The van der Waals surface area contributed by atoms with Crippen molar-refractivity contribution in [2.45, 2.75) is 19.3 Å². The van der Waals surface area contributed by atoms with Gasteiger partial charge in [-0.3, -0.25) is 4.79 Å². The topological polar surface area (TPSA) is 52.3 Å². The lowest BCUT2D eigenvalue weighted by molar-refractivity contribution is -0.140. The number of ether oxygens (including phenoxy) is 1. The molecule has 0 unspecified atom stereocenters. The number of rotatable bonds is 4. The maximum absolute atomic E-state index is 10.8. The van der Waals surface area contributed by atoms with Crippen LogP contribution in [-0.2, 0) is 16.0 Å². The van der Waals surface area contributed by atoms with Crippen LogP contribution in [0.3, 0.4) is 0 Å². The van der Waals surface area contributed by atoms with E-state index in [0.29, 0.717) is 6.42 Å². The van der Waals surface area contributed by atoms with Gasteiger partial charge in [0.15, 0.2) is 0 Å². The van der Waals surface area contributed by atoms with Crippen LogP contribution in [0.25, 0.3) is 0 Å². The molecule has 1 rings (SSSR count). The van der Waals surface area contributed by atoms with E-state index in [-0.39, 0.29) is 18.4 Å². The minimum absolute atomic E-state index is 0.